The smallest absolute Gasteiger partial charge is 0.226 e. The van der Waals surface area contributed by atoms with Crippen LogP contribution in [0.2, 0.25) is 5.28 Å². The minimum Gasteiger partial charge on any atom is -0.371 e. The maximum atomic E-state index is 10.5. The number of rotatable bonds is 2. The monoisotopic (exact) mass is 267 g/mol. The molecule has 1 aliphatic rings. The predicted molar refractivity (Wildman–Crippen MR) is 68.4 cm³/mol. The number of H-pyrrole nitrogens is 1. The highest BCUT2D eigenvalue weighted by Gasteiger charge is 2.30. The summed E-state index contributed by atoms with van der Waals surface area (Å²) in [5.74, 6) is 0.506. The molecule has 1 saturated carbocycles. The number of aliphatic hydroxyl groups is 1. The van der Waals surface area contributed by atoms with Gasteiger partial charge in [-0.1, -0.05) is 6.42 Å². The maximum absolute atomic E-state index is 10.5. The van der Waals surface area contributed by atoms with Crippen molar-refractivity contribution in [2.45, 2.75) is 37.8 Å². The molecule has 0 aliphatic heterocycles. The van der Waals surface area contributed by atoms with Crippen molar-refractivity contribution in [2.75, 3.05) is 5.32 Å². The molecule has 0 spiro atoms. The molecule has 3 N–H and O–H groups in total. The summed E-state index contributed by atoms with van der Waals surface area (Å²) < 4.78 is 0. The average molecular weight is 268 g/mol. The van der Waals surface area contributed by atoms with Crippen molar-refractivity contribution in [1.82, 2.24) is 19.9 Å². The van der Waals surface area contributed by atoms with Gasteiger partial charge in [-0.2, -0.15) is 9.97 Å². The van der Waals surface area contributed by atoms with Gasteiger partial charge in [-0.25, -0.2) is 4.98 Å². The lowest BCUT2D eigenvalue weighted by atomic mass is 9.92. The van der Waals surface area contributed by atoms with Gasteiger partial charge in [0.2, 0.25) is 5.28 Å². The van der Waals surface area contributed by atoms with E-state index < -0.39 is 5.72 Å². The number of imidazole rings is 1. The number of hydrogen-bond acceptors (Lipinski definition) is 5. The third-order valence-corrected chi connectivity index (χ3v) is 3.46. The summed E-state index contributed by atoms with van der Waals surface area (Å²) in [6.07, 6.45) is 6.14. The second-order valence-corrected chi connectivity index (χ2v) is 5.00. The van der Waals surface area contributed by atoms with E-state index in [1.54, 1.807) is 0 Å². The Morgan fingerprint density at radius 3 is 2.83 bits per heavy atom. The van der Waals surface area contributed by atoms with Gasteiger partial charge in [-0.3, -0.25) is 0 Å². The topological polar surface area (TPSA) is 86.7 Å². The summed E-state index contributed by atoms with van der Waals surface area (Å²) in [7, 11) is 0. The fourth-order valence-electron chi connectivity index (χ4n) is 2.38. The van der Waals surface area contributed by atoms with E-state index in [2.05, 4.69) is 25.3 Å². The van der Waals surface area contributed by atoms with Crippen LogP contribution in [0.5, 0.6) is 0 Å². The molecular weight excluding hydrogens is 254 g/mol. The van der Waals surface area contributed by atoms with Crippen LogP contribution in [0.25, 0.3) is 11.2 Å². The van der Waals surface area contributed by atoms with Gasteiger partial charge in [0.25, 0.3) is 0 Å². The zero-order chi connectivity index (χ0) is 12.6. The number of nitrogens with one attached hydrogen (secondary N) is 2. The number of anilines is 1. The molecule has 96 valence electrons. The third-order valence-electron chi connectivity index (χ3n) is 3.29. The summed E-state index contributed by atoms with van der Waals surface area (Å²) in [6.45, 7) is 0. The van der Waals surface area contributed by atoms with Crippen LogP contribution in [-0.2, 0) is 0 Å². The number of halogens is 1. The highest BCUT2D eigenvalue weighted by Crippen LogP contribution is 2.30. The Labute approximate surface area is 109 Å². The van der Waals surface area contributed by atoms with Crippen LogP contribution in [0.4, 0.5) is 5.82 Å². The van der Waals surface area contributed by atoms with E-state index in [1.165, 1.54) is 6.33 Å². The van der Waals surface area contributed by atoms with Gasteiger partial charge in [0.05, 0.1) is 6.33 Å². The van der Waals surface area contributed by atoms with Gasteiger partial charge in [-0.05, 0) is 37.3 Å². The lowest BCUT2D eigenvalue weighted by Crippen LogP contribution is -2.40. The van der Waals surface area contributed by atoms with E-state index in [-0.39, 0.29) is 5.28 Å². The molecule has 3 rings (SSSR count). The van der Waals surface area contributed by atoms with Gasteiger partial charge in [-0.15, -0.1) is 0 Å². The van der Waals surface area contributed by atoms with Gasteiger partial charge in [0.1, 0.15) is 11.2 Å². The number of nitrogens with zero attached hydrogens (tertiary/aromatic N) is 3. The molecule has 2 aromatic rings. The second kappa shape index (κ2) is 4.37. The first-order valence-corrected chi connectivity index (χ1v) is 6.41. The molecule has 0 unspecified atom stereocenters. The van der Waals surface area contributed by atoms with Crippen LogP contribution < -0.4 is 5.32 Å². The van der Waals surface area contributed by atoms with Gasteiger partial charge in [0, 0.05) is 0 Å². The summed E-state index contributed by atoms with van der Waals surface area (Å²) in [5.41, 5.74) is 0.254. The third kappa shape index (κ3) is 2.13. The maximum Gasteiger partial charge on any atom is 0.226 e. The summed E-state index contributed by atoms with van der Waals surface area (Å²) in [6, 6.07) is 0. The first kappa shape index (κ1) is 11.7. The molecule has 18 heavy (non-hydrogen) atoms. The van der Waals surface area contributed by atoms with Crippen LogP contribution in [0, 0.1) is 0 Å². The summed E-state index contributed by atoms with van der Waals surface area (Å²) in [5, 5.41) is 13.7. The van der Waals surface area contributed by atoms with Gasteiger partial charge in [0.15, 0.2) is 11.5 Å². The summed E-state index contributed by atoms with van der Waals surface area (Å²) in [4.78, 5) is 15.1. The van der Waals surface area contributed by atoms with E-state index in [1.807, 2.05) is 0 Å². The lowest BCUT2D eigenvalue weighted by molar-refractivity contribution is 0.0314. The van der Waals surface area contributed by atoms with Crippen molar-refractivity contribution in [3.63, 3.8) is 0 Å². The lowest BCUT2D eigenvalue weighted by Gasteiger charge is -2.33. The van der Waals surface area contributed by atoms with Crippen LogP contribution in [0.15, 0.2) is 6.33 Å². The molecule has 1 aliphatic carbocycles. The molecule has 0 saturated heterocycles. The Morgan fingerprint density at radius 2 is 2.06 bits per heavy atom. The molecule has 2 aromatic heterocycles. The van der Waals surface area contributed by atoms with Crippen molar-refractivity contribution < 1.29 is 5.11 Å². The normalized spacial score (nSPS) is 19.0. The Morgan fingerprint density at radius 1 is 1.28 bits per heavy atom. The predicted octanol–water partition coefficient (Wildman–Crippen LogP) is 2.07. The molecule has 0 radical (unpaired) electrons. The first-order valence-electron chi connectivity index (χ1n) is 6.03. The van der Waals surface area contributed by atoms with Crippen LogP contribution in [-0.4, -0.2) is 30.8 Å². The standard InChI is InChI=1S/C11H14ClN5O/c12-10-15-8-7(13-6-14-8)9(16-10)17-11(18)4-2-1-3-5-11/h6,18H,1-5H2,(H2,13,14,15,16,17). The molecule has 7 heteroatoms. The molecule has 0 aromatic carbocycles. The fraction of sp³-hybridized carbons (Fsp3) is 0.545. The first-order chi connectivity index (χ1) is 8.66. The zero-order valence-electron chi connectivity index (χ0n) is 9.78. The molecule has 6 nitrogen and oxygen atoms in total. The highest BCUT2D eigenvalue weighted by atomic mass is 35.5. The van der Waals surface area contributed by atoms with Crippen LogP contribution in [0.3, 0.4) is 0 Å². The largest absolute Gasteiger partial charge is 0.371 e. The second-order valence-electron chi connectivity index (χ2n) is 4.66. The molecule has 0 atom stereocenters. The van der Waals surface area contributed by atoms with E-state index in [9.17, 15) is 5.11 Å². The van der Waals surface area contributed by atoms with E-state index in [0.717, 1.165) is 19.3 Å². The summed E-state index contributed by atoms with van der Waals surface area (Å²) >= 11 is 5.85. The average Bonchev–Trinajstić information content (AvgIpc) is 2.77. The van der Waals surface area contributed by atoms with Crippen molar-refractivity contribution in [2.24, 2.45) is 0 Å². The number of hydrogen-bond donors (Lipinski definition) is 3. The molecule has 0 bridgehead atoms. The Balaban J connectivity index is 1.96. The van der Waals surface area contributed by atoms with Crippen molar-refractivity contribution in [1.29, 1.82) is 0 Å². The number of aromatic amines is 1. The van der Waals surface area contributed by atoms with Gasteiger partial charge < -0.3 is 15.4 Å². The molecular formula is C11H14ClN5O. The number of aromatic nitrogens is 4. The molecule has 2 heterocycles. The van der Waals surface area contributed by atoms with Crippen molar-refractivity contribution in [3.8, 4) is 0 Å². The minimum atomic E-state index is -0.909. The van der Waals surface area contributed by atoms with E-state index in [0.29, 0.717) is 29.8 Å². The zero-order valence-corrected chi connectivity index (χ0v) is 10.5. The van der Waals surface area contributed by atoms with E-state index in [4.69, 9.17) is 11.6 Å². The fourth-order valence-corrected chi connectivity index (χ4v) is 2.54. The minimum absolute atomic E-state index is 0.122. The Hall–Kier alpha value is -1.40. The quantitative estimate of drug-likeness (QED) is 0.573. The van der Waals surface area contributed by atoms with Crippen LogP contribution in [0.1, 0.15) is 32.1 Å². The Bertz CT molecular complexity index is 564. The molecule has 0 amide bonds. The van der Waals surface area contributed by atoms with Crippen molar-refractivity contribution in [3.05, 3.63) is 11.6 Å². The van der Waals surface area contributed by atoms with E-state index >= 15 is 0 Å². The Kier molecular flexibility index (Phi) is 2.83. The van der Waals surface area contributed by atoms with Gasteiger partial charge >= 0.3 is 0 Å². The van der Waals surface area contributed by atoms with Crippen LogP contribution >= 0.6 is 11.6 Å². The SMILES string of the molecule is OC1(Nc2nc(Cl)nc3nc[nH]c23)CCCCC1. The molecule has 1 fully saturated rings. The highest BCUT2D eigenvalue weighted by molar-refractivity contribution is 6.28. The van der Waals surface area contributed by atoms with Crippen molar-refractivity contribution >= 4 is 28.6 Å². The number of fused-ring (bicyclic) bond motifs is 1.